The fraction of sp³-hybridized carbons (Fsp3) is 0.875. The van der Waals surface area contributed by atoms with Crippen LogP contribution in [0.25, 0.3) is 0 Å². The summed E-state index contributed by atoms with van der Waals surface area (Å²) in [6, 6.07) is 0. The Morgan fingerprint density at radius 2 is 1.90 bits per heavy atom. The summed E-state index contributed by atoms with van der Waals surface area (Å²) >= 11 is 0. The highest BCUT2D eigenvalue weighted by molar-refractivity contribution is 7.97. The standard InChI is InChI=1S/C8H15OS/c1-8(9)7-10-5-3-2-4-6-10/h2-7H2,1H3/q+1. The minimum Gasteiger partial charge on any atom is -0.295 e. The van der Waals surface area contributed by atoms with Gasteiger partial charge in [0.25, 0.3) is 0 Å². The van der Waals surface area contributed by atoms with Crippen molar-refractivity contribution in [3.8, 4) is 0 Å². The monoisotopic (exact) mass is 159 g/mol. The lowest BCUT2D eigenvalue weighted by Gasteiger charge is -2.11. The molecular weight excluding hydrogens is 144 g/mol. The Hall–Kier alpha value is 0.0200. The van der Waals surface area contributed by atoms with Crippen LogP contribution < -0.4 is 0 Å². The molecular formula is C8H15OS+. The summed E-state index contributed by atoms with van der Waals surface area (Å²) in [5, 5.41) is 0. The first-order valence-corrected chi connectivity index (χ1v) is 5.66. The van der Waals surface area contributed by atoms with E-state index in [0.717, 1.165) is 5.75 Å². The Morgan fingerprint density at radius 1 is 1.30 bits per heavy atom. The molecule has 10 heavy (non-hydrogen) atoms. The highest BCUT2D eigenvalue weighted by atomic mass is 32.2. The summed E-state index contributed by atoms with van der Waals surface area (Å²) < 4.78 is 0. The second-order valence-electron chi connectivity index (χ2n) is 2.93. The first kappa shape index (κ1) is 8.12. The van der Waals surface area contributed by atoms with Gasteiger partial charge in [-0.3, -0.25) is 4.79 Å². The minimum atomic E-state index is 0.380. The molecule has 2 heteroatoms. The van der Waals surface area contributed by atoms with Crippen molar-refractivity contribution >= 4 is 16.7 Å². The van der Waals surface area contributed by atoms with Crippen LogP contribution in [0.1, 0.15) is 26.2 Å². The van der Waals surface area contributed by atoms with E-state index in [1.807, 2.05) is 0 Å². The van der Waals surface area contributed by atoms with E-state index in [1.165, 1.54) is 30.8 Å². The van der Waals surface area contributed by atoms with Crippen molar-refractivity contribution in [1.82, 2.24) is 0 Å². The molecule has 0 amide bonds. The van der Waals surface area contributed by atoms with Gasteiger partial charge in [0.2, 0.25) is 0 Å². The molecule has 1 heterocycles. The Labute approximate surface area is 65.5 Å². The predicted molar refractivity (Wildman–Crippen MR) is 46.5 cm³/mol. The minimum absolute atomic E-state index is 0.380. The van der Waals surface area contributed by atoms with Crippen molar-refractivity contribution in [1.29, 1.82) is 0 Å². The summed E-state index contributed by atoms with van der Waals surface area (Å²) in [5.41, 5.74) is 0. The molecule has 0 aromatic rings. The number of carbonyl (C=O) groups excluding carboxylic acids is 1. The Kier molecular flexibility index (Phi) is 3.26. The molecule has 0 atom stereocenters. The Bertz CT molecular complexity index is 116. The summed E-state index contributed by atoms with van der Waals surface area (Å²) in [6.45, 7) is 1.71. The average molecular weight is 159 g/mol. The normalized spacial score (nSPS) is 20.9. The van der Waals surface area contributed by atoms with E-state index < -0.39 is 0 Å². The van der Waals surface area contributed by atoms with Crippen LogP contribution in [0.2, 0.25) is 0 Å². The zero-order valence-electron chi connectivity index (χ0n) is 6.56. The molecule has 0 aromatic carbocycles. The average Bonchev–Trinajstić information content (AvgIpc) is 1.88. The molecule has 0 saturated carbocycles. The first-order valence-electron chi connectivity index (χ1n) is 3.92. The number of hydrogen-bond donors (Lipinski definition) is 0. The molecule has 0 spiro atoms. The van der Waals surface area contributed by atoms with Crippen LogP contribution in [-0.4, -0.2) is 23.0 Å². The van der Waals surface area contributed by atoms with Crippen LogP contribution >= 0.6 is 0 Å². The Morgan fingerprint density at radius 3 is 2.40 bits per heavy atom. The van der Waals surface area contributed by atoms with Crippen LogP contribution in [0.15, 0.2) is 0 Å². The maximum Gasteiger partial charge on any atom is 0.178 e. The van der Waals surface area contributed by atoms with Crippen LogP contribution in [0, 0.1) is 0 Å². The fourth-order valence-electron chi connectivity index (χ4n) is 1.32. The molecule has 0 bridgehead atoms. The lowest BCUT2D eigenvalue weighted by atomic mass is 10.3. The summed E-state index contributed by atoms with van der Waals surface area (Å²) in [6.07, 6.45) is 4.11. The van der Waals surface area contributed by atoms with Crippen LogP contribution in [0.4, 0.5) is 0 Å². The number of Topliss-reactive ketones (excluding diaryl/α,β-unsaturated/α-hetero) is 1. The summed E-state index contributed by atoms with van der Waals surface area (Å²) in [4.78, 5) is 10.7. The molecule has 1 nitrogen and oxygen atoms in total. The SMILES string of the molecule is CC(=O)C[S+]1CCCCC1. The summed E-state index contributed by atoms with van der Waals surface area (Å²) in [5.74, 6) is 3.88. The fourth-order valence-corrected chi connectivity index (χ4v) is 3.62. The molecule has 0 aliphatic carbocycles. The van der Waals surface area contributed by atoms with Gasteiger partial charge in [0.05, 0.1) is 0 Å². The van der Waals surface area contributed by atoms with Gasteiger partial charge >= 0.3 is 0 Å². The topological polar surface area (TPSA) is 17.1 Å². The first-order chi connectivity index (χ1) is 4.79. The van der Waals surface area contributed by atoms with Crippen molar-refractivity contribution in [2.45, 2.75) is 26.2 Å². The molecule has 1 rings (SSSR count). The van der Waals surface area contributed by atoms with Gasteiger partial charge in [-0.1, -0.05) is 0 Å². The van der Waals surface area contributed by atoms with E-state index in [0.29, 0.717) is 16.7 Å². The molecule has 1 aliphatic heterocycles. The molecule has 0 aromatic heterocycles. The summed E-state index contributed by atoms with van der Waals surface area (Å²) in [7, 11) is 0.476. The van der Waals surface area contributed by atoms with E-state index in [2.05, 4.69) is 0 Å². The van der Waals surface area contributed by atoms with E-state index >= 15 is 0 Å². The lowest BCUT2D eigenvalue weighted by molar-refractivity contribution is -0.114. The highest BCUT2D eigenvalue weighted by Crippen LogP contribution is 2.13. The van der Waals surface area contributed by atoms with Gasteiger partial charge in [0.15, 0.2) is 11.5 Å². The molecule has 0 N–H and O–H groups in total. The van der Waals surface area contributed by atoms with E-state index in [4.69, 9.17) is 0 Å². The van der Waals surface area contributed by atoms with E-state index in [9.17, 15) is 4.79 Å². The molecule has 58 valence electrons. The number of rotatable bonds is 2. The largest absolute Gasteiger partial charge is 0.295 e. The third-order valence-electron chi connectivity index (χ3n) is 1.77. The zero-order chi connectivity index (χ0) is 7.40. The van der Waals surface area contributed by atoms with Crippen molar-refractivity contribution < 1.29 is 4.79 Å². The molecule has 1 saturated heterocycles. The highest BCUT2D eigenvalue weighted by Gasteiger charge is 2.22. The van der Waals surface area contributed by atoms with Crippen molar-refractivity contribution in [2.24, 2.45) is 0 Å². The number of hydrogen-bond acceptors (Lipinski definition) is 1. The van der Waals surface area contributed by atoms with Crippen molar-refractivity contribution in [2.75, 3.05) is 17.3 Å². The second kappa shape index (κ2) is 4.02. The second-order valence-corrected chi connectivity index (χ2v) is 5.26. The predicted octanol–water partition coefficient (Wildman–Crippen LogP) is 1.38. The van der Waals surface area contributed by atoms with E-state index in [1.54, 1.807) is 6.92 Å². The number of ketones is 1. The number of carbonyl (C=O) groups is 1. The van der Waals surface area contributed by atoms with Crippen LogP contribution in [0.3, 0.4) is 0 Å². The van der Waals surface area contributed by atoms with Gasteiger partial charge < -0.3 is 0 Å². The van der Waals surface area contributed by atoms with Gasteiger partial charge in [-0.25, -0.2) is 0 Å². The molecule has 0 unspecified atom stereocenters. The van der Waals surface area contributed by atoms with Gasteiger partial charge in [0, 0.05) is 0 Å². The zero-order valence-corrected chi connectivity index (χ0v) is 7.38. The van der Waals surface area contributed by atoms with Crippen LogP contribution in [-0.2, 0) is 15.7 Å². The van der Waals surface area contributed by atoms with E-state index in [-0.39, 0.29) is 0 Å². The van der Waals surface area contributed by atoms with Gasteiger partial charge in [-0.05, 0) is 37.1 Å². The Balaban J connectivity index is 2.19. The van der Waals surface area contributed by atoms with Crippen molar-refractivity contribution in [3.63, 3.8) is 0 Å². The third kappa shape index (κ3) is 2.74. The van der Waals surface area contributed by atoms with Crippen molar-refractivity contribution in [3.05, 3.63) is 0 Å². The molecule has 1 aliphatic rings. The lowest BCUT2D eigenvalue weighted by Crippen LogP contribution is -2.24. The quantitative estimate of drug-likeness (QED) is 0.556. The third-order valence-corrected chi connectivity index (χ3v) is 4.32. The molecule has 0 radical (unpaired) electrons. The van der Waals surface area contributed by atoms with Gasteiger partial charge in [-0.15, -0.1) is 0 Å². The van der Waals surface area contributed by atoms with Gasteiger partial charge in [0.1, 0.15) is 11.5 Å². The van der Waals surface area contributed by atoms with Crippen LogP contribution in [0.5, 0.6) is 0 Å². The maximum absolute atomic E-state index is 10.7. The smallest absolute Gasteiger partial charge is 0.178 e. The van der Waals surface area contributed by atoms with Gasteiger partial charge in [-0.2, -0.15) is 0 Å². The maximum atomic E-state index is 10.7. The molecule has 1 fully saturated rings.